The van der Waals surface area contributed by atoms with Gasteiger partial charge in [-0.05, 0) is 72.9 Å². The van der Waals surface area contributed by atoms with Crippen molar-refractivity contribution in [2.45, 2.75) is 11.4 Å². The summed E-state index contributed by atoms with van der Waals surface area (Å²) in [6.07, 6.45) is 1.47. The van der Waals surface area contributed by atoms with E-state index in [0.717, 1.165) is 0 Å². The molecule has 0 atom stereocenters. The van der Waals surface area contributed by atoms with Crippen molar-refractivity contribution in [3.8, 4) is 5.75 Å². The van der Waals surface area contributed by atoms with Crippen LogP contribution in [0.15, 0.2) is 76.2 Å². The minimum Gasteiger partial charge on any atom is -0.497 e. The molecule has 1 aromatic heterocycles. The van der Waals surface area contributed by atoms with Crippen LogP contribution in [-0.4, -0.2) is 26.5 Å². The number of anilines is 1. The zero-order valence-corrected chi connectivity index (χ0v) is 17.5. The summed E-state index contributed by atoms with van der Waals surface area (Å²) in [6.45, 7) is 0.0524. The second-order valence-electron chi connectivity index (χ2n) is 6.07. The van der Waals surface area contributed by atoms with Crippen LogP contribution in [0.1, 0.15) is 16.1 Å². The number of rotatable bonds is 7. The summed E-state index contributed by atoms with van der Waals surface area (Å²) in [5, 5.41) is 5.49. The number of sulfonamides is 1. The molecule has 10 heteroatoms. The van der Waals surface area contributed by atoms with Gasteiger partial charge in [0, 0.05) is 11.3 Å². The number of hydrogen-bond donors (Lipinski definition) is 3. The van der Waals surface area contributed by atoms with E-state index in [1.807, 2.05) is 0 Å². The number of hydrogen-bond acceptors (Lipinski definition) is 6. The second-order valence-corrected chi connectivity index (χ2v) is 8.24. The summed E-state index contributed by atoms with van der Waals surface area (Å²) in [4.78, 5) is 12.3. The first-order valence-corrected chi connectivity index (χ1v) is 10.6. The zero-order valence-electron chi connectivity index (χ0n) is 15.9. The minimum atomic E-state index is -3.69. The Hall–Kier alpha value is -3.21. The van der Waals surface area contributed by atoms with Crippen LogP contribution in [0.2, 0.25) is 0 Å². The number of carbonyl (C=O) groups excluding carboxylic acids is 1. The van der Waals surface area contributed by atoms with Crippen molar-refractivity contribution in [3.05, 3.63) is 78.3 Å². The van der Waals surface area contributed by atoms with E-state index in [1.54, 1.807) is 55.6 Å². The number of thiocarbonyl (C=S) groups is 1. The zero-order chi connectivity index (χ0) is 21.6. The van der Waals surface area contributed by atoms with Gasteiger partial charge in [0.1, 0.15) is 11.5 Å². The monoisotopic (exact) mass is 445 g/mol. The number of nitrogens with one attached hydrogen (secondary N) is 3. The number of amides is 1. The molecule has 3 N–H and O–H groups in total. The molecule has 3 aromatic rings. The van der Waals surface area contributed by atoms with Crippen LogP contribution >= 0.6 is 12.2 Å². The predicted molar refractivity (Wildman–Crippen MR) is 116 cm³/mol. The number of ether oxygens (including phenoxy) is 1. The normalized spacial score (nSPS) is 11.0. The summed E-state index contributed by atoms with van der Waals surface area (Å²) in [5.41, 5.74) is 0.948. The molecule has 3 rings (SSSR count). The predicted octanol–water partition coefficient (Wildman–Crippen LogP) is 2.89. The molecule has 0 radical (unpaired) electrons. The smallest absolute Gasteiger partial charge is 0.257 e. The maximum atomic E-state index is 12.3. The minimum absolute atomic E-state index is 0.0524. The summed E-state index contributed by atoms with van der Waals surface area (Å²) >= 11 is 5.15. The Morgan fingerprint density at radius 2 is 1.77 bits per heavy atom. The molecule has 156 valence electrons. The van der Waals surface area contributed by atoms with Crippen molar-refractivity contribution in [1.82, 2.24) is 10.0 Å². The summed E-state index contributed by atoms with van der Waals surface area (Å²) in [7, 11) is -2.15. The Bertz CT molecular complexity index is 1110. The van der Waals surface area contributed by atoms with Crippen molar-refractivity contribution in [1.29, 1.82) is 0 Å². The van der Waals surface area contributed by atoms with Crippen LogP contribution in [0.5, 0.6) is 5.75 Å². The van der Waals surface area contributed by atoms with E-state index in [4.69, 9.17) is 21.4 Å². The van der Waals surface area contributed by atoms with Crippen LogP contribution in [0.25, 0.3) is 0 Å². The standard InChI is InChI=1S/C20H19N3O5S2/c1-27-16-8-4-14(5-9-16)19(24)23-20(29)22-15-6-10-18(11-7-15)30(25,26)21-13-17-3-2-12-28-17/h2-12,21H,13H2,1H3,(H2,22,23,24,29). The van der Waals surface area contributed by atoms with Crippen LogP contribution in [0.3, 0.4) is 0 Å². The van der Waals surface area contributed by atoms with E-state index in [9.17, 15) is 13.2 Å². The number of furan rings is 1. The molecule has 0 aliphatic heterocycles. The van der Waals surface area contributed by atoms with Gasteiger partial charge in [-0.2, -0.15) is 0 Å². The van der Waals surface area contributed by atoms with Crippen LogP contribution in [-0.2, 0) is 16.6 Å². The topological polar surface area (TPSA) is 110 Å². The van der Waals surface area contributed by atoms with Gasteiger partial charge >= 0.3 is 0 Å². The van der Waals surface area contributed by atoms with Gasteiger partial charge in [0.2, 0.25) is 10.0 Å². The van der Waals surface area contributed by atoms with Crippen molar-refractivity contribution in [2.75, 3.05) is 12.4 Å². The van der Waals surface area contributed by atoms with E-state index in [2.05, 4.69) is 15.4 Å². The number of benzene rings is 2. The average Bonchev–Trinajstić information content (AvgIpc) is 3.26. The highest BCUT2D eigenvalue weighted by molar-refractivity contribution is 7.89. The molecule has 0 unspecified atom stereocenters. The average molecular weight is 446 g/mol. The highest BCUT2D eigenvalue weighted by Gasteiger charge is 2.14. The molecule has 30 heavy (non-hydrogen) atoms. The van der Waals surface area contributed by atoms with Crippen molar-refractivity contribution >= 4 is 38.9 Å². The SMILES string of the molecule is COc1ccc(C(=O)NC(=S)Nc2ccc(S(=O)(=O)NCc3ccco3)cc2)cc1. The van der Waals surface area contributed by atoms with Crippen molar-refractivity contribution < 1.29 is 22.4 Å². The van der Waals surface area contributed by atoms with Crippen molar-refractivity contribution in [3.63, 3.8) is 0 Å². The molecule has 0 fully saturated rings. The molecule has 1 heterocycles. The molecule has 0 saturated heterocycles. The number of carbonyl (C=O) groups is 1. The first-order chi connectivity index (χ1) is 14.4. The fourth-order valence-electron chi connectivity index (χ4n) is 2.46. The molecule has 0 aliphatic rings. The fraction of sp³-hybridized carbons (Fsp3) is 0.100. The third-order valence-electron chi connectivity index (χ3n) is 4.02. The lowest BCUT2D eigenvalue weighted by atomic mass is 10.2. The van der Waals surface area contributed by atoms with Crippen molar-refractivity contribution in [2.24, 2.45) is 0 Å². The van der Waals surface area contributed by atoms with Gasteiger partial charge < -0.3 is 14.5 Å². The van der Waals surface area contributed by atoms with E-state index < -0.39 is 10.0 Å². The molecular formula is C20H19N3O5S2. The Labute approximate surface area is 179 Å². The number of methoxy groups -OCH3 is 1. The highest BCUT2D eigenvalue weighted by Crippen LogP contribution is 2.15. The second kappa shape index (κ2) is 9.53. The third kappa shape index (κ3) is 5.66. The molecular weight excluding hydrogens is 426 g/mol. The lowest BCUT2D eigenvalue weighted by Crippen LogP contribution is -2.34. The van der Waals surface area contributed by atoms with Gasteiger partial charge in [-0.3, -0.25) is 10.1 Å². The lowest BCUT2D eigenvalue weighted by Gasteiger charge is -2.11. The largest absolute Gasteiger partial charge is 0.497 e. The molecule has 0 bridgehead atoms. The highest BCUT2D eigenvalue weighted by atomic mass is 32.2. The molecule has 0 saturated carbocycles. The first-order valence-electron chi connectivity index (χ1n) is 8.76. The van der Waals surface area contributed by atoms with Crippen LogP contribution in [0.4, 0.5) is 5.69 Å². The van der Waals surface area contributed by atoms with Crippen LogP contribution < -0.4 is 20.1 Å². The summed E-state index contributed by atoms with van der Waals surface area (Å²) < 4.78 is 37.3. The van der Waals surface area contributed by atoms with Gasteiger partial charge in [-0.25, -0.2) is 13.1 Å². The van der Waals surface area contributed by atoms with Crippen LogP contribution in [0, 0.1) is 0 Å². The molecule has 8 nitrogen and oxygen atoms in total. The third-order valence-corrected chi connectivity index (χ3v) is 5.64. The fourth-order valence-corrected chi connectivity index (χ4v) is 3.66. The van der Waals surface area contributed by atoms with E-state index in [0.29, 0.717) is 22.8 Å². The molecule has 0 aliphatic carbocycles. The quantitative estimate of drug-likeness (QED) is 0.480. The van der Waals surface area contributed by atoms with Gasteiger partial charge in [0.25, 0.3) is 5.91 Å². The Balaban J connectivity index is 1.56. The Morgan fingerprint density at radius 3 is 2.37 bits per heavy atom. The van der Waals surface area contributed by atoms with E-state index >= 15 is 0 Å². The van der Waals surface area contributed by atoms with Gasteiger partial charge in [0.15, 0.2) is 5.11 Å². The van der Waals surface area contributed by atoms with Gasteiger partial charge in [0.05, 0.1) is 24.8 Å². The molecule has 0 spiro atoms. The Kier molecular flexibility index (Phi) is 6.83. The maximum absolute atomic E-state index is 12.3. The molecule has 1 amide bonds. The van der Waals surface area contributed by atoms with Gasteiger partial charge in [-0.15, -0.1) is 0 Å². The first kappa shape index (κ1) is 21.5. The lowest BCUT2D eigenvalue weighted by molar-refractivity contribution is 0.0977. The Morgan fingerprint density at radius 1 is 1.07 bits per heavy atom. The molecule has 2 aromatic carbocycles. The van der Waals surface area contributed by atoms with Gasteiger partial charge in [-0.1, -0.05) is 0 Å². The van der Waals surface area contributed by atoms with E-state index in [1.165, 1.54) is 18.4 Å². The summed E-state index contributed by atoms with van der Waals surface area (Å²) in [5.74, 6) is 0.771. The van der Waals surface area contributed by atoms with E-state index in [-0.39, 0.29) is 22.5 Å². The maximum Gasteiger partial charge on any atom is 0.257 e. The summed E-state index contributed by atoms with van der Waals surface area (Å²) in [6, 6.07) is 15.9.